The molecule has 4 nitrogen and oxygen atoms in total. The quantitative estimate of drug-likeness (QED) is 0.798. The van der Waals surface area contributed by atoms with Gasteiger partial charge in [-0.05, 0) is 25.5 Å². The van der Waals surface area contributed by atoms with E-state index >= 15 is 0 Å². The molecule has 0 saturated carbocycles. The second kappa shape index (κ2) is 7.09. The van der Waals surface area contributed by atoms with Gasteiger partial charge in [-0.15, -0.1) is 21.5 Å². The van der Waals surface area contributed by atoms with Crippen molar-refractivity contribution in [3.8, 4) is 9.88 Å². The number of hydrogen-bond donors (Lipinski definition) is 1. The third-order valence-electron chi connectivity index (χ3n) is 2.84. The molecule has 0 amide bonds. The van der Waals surface area contributed by atoms with Crippen molar-refractivity contribution in [3.05, 3.63) is 21.5 Å². The first-order valence-electron chi connectivity index (χ1n) is 6.30. The van der Waals surface area contributed by atoms with E-state index in [-0.39, 0.29) is 0 Å². The van der Waals surface area contributed by atoms with Crippen LogP contribution in [0.25, 0.3) is 9.88 Å². The number of thiophene rings is 1. The smallest absolute Gasteiger partial charge is 0.157 e. The number of hydrogen-bond acceptors (Lipinski definition) is 6. The first-order valence-corrected chi connectivity index (χ1v) is 7.93. The molecule has 0 aromatic carbocycles. The van der Waals surface area contributed by atoms with Gasteiger partial charge in [0.25, 0.3) is 0 Å². The summed E-state index contributed by atoms with van der Waals surface area (Å²) in [6.07, 6.45) is 0.921. The molecule has 0 spiro atoms. The van der Waals surface area contributed by atoms with Gasteiger partial charge in [-0.1, -0.05) is 11.3 Å². The minimum absolute atomic E-state index is 0.745. The summed E-state index contributed by atoms with van der Waals surface area (Å²) in [6.45, 7) is 6.82. The van der Waals surface area contributed by atoms with Gasteiger partial charge < -0.3 is 10.1 Å². The summed E-state index contributed by atoms with van der Waals surface area (Å²) in [6, 6.07) is 2.20. The van der Waals surface area contributed by atoms with Gasteiger partial charge in [-0.2, -0.15) is 0 Å². The number of aromatic nitrogens is 2. The standard InChI is InChI=1S/C13H19N3OS2/c1-9-8-11(18-10(9)2)13-16-15-12(19-13)4-5-14-6-7-17-3/h8,14H,4-7H2,1-3H3. The molecule has 6 heteroatoms. The topological polar surface area (TPSA) is 47.0 Å². The van der Waals surface area contributed by atoms with Gasteiger partial charge >= 0.3 is 0 Å². The maximum Gasteiger partial charge on any atom is 0.157 e. The van der Waals surface area contributed by atoms with Crippen LogP contribution in [0.15, 0.2) is 6.07 Å². The zero-order valence-corrected chi connectivity index (χ0v) is 13.2. The molecule has 0 saturated heterocycles. The summed E-state index contributed by atoms with van der Waals surface area (Å²) in [5.74, 6) is 0. The van der Waals surface area contributed by atoms with Crippen molar-refractivity contribution >= 4 is 22.7 Å². The largest absolute Gasteiger partial charge is 0.383 e. The van der Waals surface area contributed by atoms with Gasteiger partial charge in [0.1, 0.15) is 5.01 Å². The van der Waals surface area contributed by atoms with Gasteiger partial charge in [0.05, 0.1) is 11.5 Å². The fraction of sp³-hybridized carbons (Fsp3) is 0.538. The molecule has 0 unspecified atom stereocenters. The van der Waals surface area contributed by atoms with Crippen LogP contribution in [-0.2, 0) is 11.2 Å². The summed E-state index contributed by atoms with van der Waals surface area (Å²) in [7, 11) is 1.71. The first-order chi connectivity index (χ1) is 9.20. The van der Waals surface area contributed by atoms with Gasteiger partial charge in [-0.25, -0.2) is 0 Å². The van der Waals surface area contributed by atoms with Crippen molar-refractivity contribution in [2.45, 2.75) is 20.3 Å². The zero-order chi connectivity index (χ0) is 13.7. The lowest BCUT2D eigenvalue weighted by Crippen LogP contribution is -2.21. The van der Waals surface area contributed by atoms with E-state index in [0.29, 0.717) is 0 Å². The molecular weight excluding hydrogens is 278 g/mol. The van der Waals surface area contributed by atoms with Crippen LogP contribution in [0.2, 0.25) is 0 Å². The van der Waals surface area contributed by atoms with Gasteiger partial charge in [0.15, 0.2) is 5.01 Å². The van der Waals surface area contributed by atoms with Gasteiger partial charge in [0, 0.05) is 31.5 Å². The molecule has 1 N–H and O–H groups in total. The lowest BCUT2D eigenvalue weighted by Gasteiger charge is -2.00. The molecule has 2 rings (SSSR count). The van der Waals surface area contributed by atoms with Crippen LogP contribution in [0.5, 0.6) is 0 Å². The lowest BCUT2D eigenvalue weighted by atomic mass is 10.3. The Hall–Kier alpha value is -0.820. The van der Waals surface area contributed by atoms with E-state index in [2.05, 4.69) is 35.4 Å². The molecule has 2 aromatic rings. The monoisotopic (exact) mass is 297 g/mol. The van der Waals surface area contributed by atoms with Crippen LogP contribution in [0.3, 0.4) is 0 Å². The average Bonchev–Trinajstić information content (AvgIpc) is 2.97. The van der Waals surface area contributed by atoms with Gasteiger partial charge in [0.2, 0.25) is 0 Å². The van der Waals surface area contributed by atoms with Crippen LogP contribution < -0.4 is 5.32 Å². The third-order valence-corrected chi connectivity index (χ3v) is 5.15. The molecular formula is C13H19N3OS2. The van der Waals surface area contributed by atoms with Crippen LogP contribution in [-0.4, -0.2) is 37.0 Å². The van der Waals surface area contributed by atoms with E-state index in [4.69, 9.17) is 4.74 Å². The summed E-state index contributed by atoms with van der Waals surface area (Å²) >= 11 is 3.48. The van der Waals surface area contributed by atoms with E-state index in [1.165, 1.54) is 15.3 Å². The maximum absolute atomic E-state index is 4.98. The minimum Gasteiger partial charge on any atom is -0.383 e. The van der Waals surface area contributed by atoms with E-state index in [9.17, 15) is 0 Å². The highest BCUT2D eigenvalue weighted by Crippen LogP contribution is 2.32. The summed E-state index contributed by atoms with van der Waals surface area (Å²) in [4.78, 5) is 2.58. The van der Waals surface area contributed by atoms with Crippen molar-refractivity contribution in [3.63, 3.8) is 0 Å². The fourth-order valence-corrected chi connectivity index (χ4v) is 3.54. The van der Waals surface area contributed by atoms with Gasteiger partial charge in [-0.3, -0.25) is 0 Å². The Morgan fingerprint density at radius 2 is 2.05 bits per heavy atom. The molecule has 0 bridgehead atoms. The van der Waals surface area contributed by atoms with Crippen LogP contribution >= 0.6 is 22.7 Å². The number of aryl methyl sites for hydroxylation is 2. The first kappa shape index (κ1) is 14.6. The number of methoxy groups -OCH3 is 1. The highest BCUT2D eigenvalue weighted by atomic mass is 32.1. The Morgan fingerprint density at radius 1 is 1.21 bits per heavy atom. The van der Waals surface area contributed by atoms with Crippen molar-refractivity contribution < 1.29 is 4.74 Å². The predicted octanol–water partition coefficient (Wildman–Crippen LogP) is 2.66. The lowest BCUT2D eigenvalue weighted by molar-refractivity contribution is 0.199. The molecule has 0 aliphatic carbocycles. The second-order valence-corrected chi connectivity index (χ2v) is 6.66. The van der Waals surface area contributed by atoms with E-state index < -0.39 is 0 Å². The zero-order valence-electron chi connectivity index (χ0n) is 11.5. The normalized spacial score (nSPS) is 11.1. The third kappa shape index (κ3) is 4.07. The van der Waals surface area contributed by atoms with E-state index in [1.807, 2.05) is 0 Å². The Balaban J connectivity index is 1.88. The maximum atomic E-state index is 4.98. The van der Waals surface area contributed by atoms with Crippen molar-refractivity contribution in [1.29, 1.82) is 0 Å². The Morgan fingerprint density at radius 3 is 2.74 bits per heavy atom. The van der Waals surface area contributed by atoms with Crippen molar-refractivity contribution in [1.82, 2.24) is 15.5 Å². The Labute approximate surface area is 121 Å². The molecule has 0 aliphatic rings. The highest BCUT2D eigenvalue weighted by Gasteiger charge is 2.10. The number of nitrogens with zero attached hydrogens (tertiary/aromatic N) is 2. The number of nitrogens with one attached hydrogen (secondary N) is 1. The molecule has 0 radical (unpaired) electrons. The number of rotatable bonds is 7. The Kier molecular flexibility index (Phi) is 5.45. The Bertz CT molecular complexity index is 502. The average molecular weight is 297 g/mol. The second-order valence-electron chi connectivity index (χ2n) is 4.34. The van der Waals surface area contributed by atoms with Crippen LogP contribution in [0, 0.1) is 13.8 Å². The predicted molar refractivity (Wildman–Crippen MR) is 81.1 cm³/mol. The van der Waals surface area contributed by atoms with E-state index in [0.717, 1.165) is 36.1 Å². The minimum atomic E-state index is 0.745. The fourth-order valence-electron chi connectivity index (χ4n) is 1.63. The molecule has 2 aromatic heterocycles. The summed E-state index contributed by atoms with van der Waals surface area (Å²) in [5, 5.41) is 14.0. The summed E-state index contributed by atoms with van der Waals surface area (Å²) in [5.41, 5.74) is 1.33. The summed E-state index contributed by atoms with van der Waals surface area (Å²) < 4.78 is 4.98. The SMILES string of the molecule is COCCNCCc1nnc(-c2cc(C)c(C)s2)s1. The van der Waals surface area contributed by atoms with Crippen LogP contribution in [0.1, 0.15) is 15.4 Å². The van der Waals surface area contributed by atoms with Crippen molar-refractivity contribution in [2.24, 2.45) is 0 Å². The highest BCUT2D eigenvalue weighted by molar-refractivity contribution is 7.21. The molecule has 0 fully saturated rings. The number of ether oxygens (including phenoxy) is 1. The molecule has 19 heavy (non-hydrogen) atoms. The van der Waals surface area contributed by atoms with E-state index in [1.54, 1.807) is 29.8 Å². The molecule has 0 atom stereocenters. The van der Waals surface area contributed by atoms with Crippen LogP contribution in [0.4, 0.5) is 0 Å². The van der Waals surface area contributed by atoms with Crippen molar-refractivity contribution in [2.75, 3.05) is 26.8 Å². The molecule has 0 aliphatic heterocycles. The molecule has 2 heterocycles. The molecule has 104 valence electrons.